The van der Waals surface area contributed by atoms with Crippen LogP contribution in [0.5, 0.6) is 0 Å². The molecule has 0 saturated carbocycles. The van der Waals surface area contributed by atoms with Crippen LogP contribution in [-0.2, 0) is 27.3 Å². The smallest absolute Gasteiger partial charge is 0.224 e. The highest BCUT2D eigenvalue weighted by atomic mass is 16.5. The summed E-state index contributed by atoms with van der Waals surface area (Å²) in [6.45, 7) is 7.77. The standard InChI is InChI=1S/C22H31N5O3/c1-22(2,3)27-20(29)11-17(13-24-19(28)10-16-6-5-7-23-12-16)21(27)18-14-25-26(15-18)8-9-30-4/h5-7,12,14-15,17,21H,8-11,13H2,1-4H3,(H,24,28)/t17-,21+/m0/s1. The van der Waals surface area contributed by atoms with Crippen LogP contribution in [0.3, 0.4) is 0 Å². The summed E-state index contributed by atoms with van der Waals surface area (Å²) in [5.74, 6) is 0.0116. The summed E-state index contributed by atoms with van der Waals surface area (Å²) in [5, 5.41) is 7.44. The molecule has 8 heteroatoms. The fourth-order valence-electron chi connectivity index (χ4n) is 4.03. The molecular weight excluding hydrogens is 382 g/mol. The van der Waals surface area contributed by atoms with Crippen molar-refractivity contribution >= 4 is 11.8 Å². The summed E-state index contributed by atoms with van der Waals surface area (Å²) >= 11 is 0. The lowest BCUT2D eigenvalue weighted by atomic mass is 9.93. The Morgan fingerprint density at radius 2 is 2.13 bits per heavy atom. The Labute approximate surface area is 177 Å². The van der Waals surface area contributed by atoms with E-state index in [-0.39, 0.29) is 35.7 Å². The summed E-state index contributed by atoms with van der Waals surface area (Å²) in [6, 6.07) is 3.56. The largest absolute Gasteiger partial charge is 0.383 e. The molecule has 1 aliphatic heterocycles. The molecule has 162 valence electrons. The molecule has 1 N–H and O–H groups in total. The third kappa shape index (κ3) is 5.24. The molecule has 1 aliphatic rings. The van der Waals surface area contributed by atoms with Crippen molar-refractivity contribution in [2.75, 3.05) is 20.3 Å². The van der Waals surface area contributed by atoms with Gasteiger partial charge in [0.1, 0.15) is 0 Å². The number of nitrogens with one attached hydrogen (secondary N) is 1. The van der Waals surface area contributed by atoms with Crippen molar-refractivity contribution in [2.24, 2.45) is 5.92 Å². The third-order valence-corrected chi connectivity index (χ3v) is 5.32. The topological polar surface area (TPSA) is 89.3 Å². The van der Waals surface area contributed by atoms with E-state index in [0.717, 1.165) is 11.1 Å². The first-order chi connectivity index (χ1) is 14.3. The van der Waals surface area contributed by atoms with E-state index in [1.807, 2.05) is 54.9 Å². The molecule has 0 spiro atoms. The SMILES string of the molecule is COCCn1cc([C@H]2[C@H](CNC(=O)Cc3cccnc3)CC(=O)N2C(C)(C)C)cn1. The number of pyridine rings is 1. The van der Waals surface area contributed by atoms with Gasteiger partial charge in [-0.1, -0.05) is 6.07 Å². The number of nitrogens with zero attached hydrogens (tertiary/aromatic N) is 4. The zero-order chi connectivity index (χ0) is 21.7. The predicted molar refractivity (Wildman–Crippen MR) is 113 cm³/mol. The van der Waals surface area contributed by atoms with Gasteiger partial charge in [-0.2, -0.15) is 5.10 Å². The van der Waals surface area contributed by atoms with Gasteiger partial charge in [-0.05, 0) is 32.4 Å². The van der Waals surface area contributed by atoms with Crippen LogP contribution in [0.4, 0.5) is 0 Å². The Morgan fingerprint density at radius 3 is 2.80 bits per heavy atom. The van der Waals surface area contributed by atoms with Crippen LogP contribution < -0.4 is 5.32 Å². The van der Waals surface area contributed by atoms with E-state index in [0.29, 0.717) is 26.1 Å². The van der Waals surface area contributed by atoms with Gasteiger partial charge in [-0.25, -0.2) is 0 Å². The number of carbonyl (C=O) groups excluding carboxylic acids is 2. The summed E-state index contributed by atoms with van der Waals surface area (Å²) in [5.41, 5.74) is 1.52. The molecule has 2 aromatic heterocycles. The first-order valence-corrected chi connectivity index (χ1v) is 10.3. The lowest BCUT2D eigenvalue weighted by molar-refractivity contribution is -0.133. The molecule has 0 radical (unpaired) electrons. The second-order valence-electron chi connectivity index (χ2n) is 8.72. The number of methoxy groups -OCH3 is 1. The average molecular weight is 414 g/mol. The first kappa shape index (κ1) is 22.0. The van der Waals surface area contributed by atoms with Crippen molar-refractivity contribution in [1.29, 1.82) is 0 Å². The lowest BCUT2D eigenvalue weighted by Crippen LogP contribution is -2.44. The zero-order valence-corrected chi connectivity index (χ0v) is 18.2. The fourth-order valence-corrected chi connectivity index (χ4v) is 4.03. The molecule has 2 atom stereocenters. The highest BCUT2D eigenvalue weighted by Crippen LogP contribution is 2.42. The number of hydrogen-bond donors (Lipinski definition) is 1. The molecule has 0 bridgehead atoms. The minimum atomic E-state index is -0.329. The molecule has 1 saturated heterocycles. The van der Waals surface area contributed by atoms with Crippen LogP contribution in [0.1, 0.15) is 44.4 Å². The molecule has 30 heavy (non-hydrogen) atoms. The van der Waals surface area contributed by atoms with Crippen molar-refractivity contribution < 1.29 is 14.3 Å². The first-order valence-electron chi connectivity index (χ1n) is 10.3. The molecular formula is C22H31N5O3. The van der Waals surface area contributed by atoms with E-state index in [4.69, 9.17) is 4.74 Å². The van der Waals surface area contributed by atoms with Gasteiger partial charge in [-0.15, -0.1) is 0 Å². The van der Waals surface area contributed by atoms with Crippen molar-refractivity contribution in [3.63, 3.8) is 0 Å². The molecule has 0 aliphatic carbocycles. The van der Waals surface area contributed by atoms with Gasteiger partial charge in [0, 0.05) is 55.7 Å². The van der Waals surface area contributed by atoms with Crippen LogP contribution in [0.15, 0.2) is 36.9 Å². The van der Waals surface area contributed by atoms with Gasteiger partial charge in [0.05, 0.1) is 31.8 Å². The minimum Gasteiger partial charge on any atom is -0.383 e. The Kier molecular flexibility index (Phi) is 6.87. The number of ether oxygens (including phenoxy) is 1. The van der Waals surface area contributed by atoms with E-state index in [1.54, 1.807) is 19.5 Å². The van der Waals surface area contributed by atoms with Gasteiger partial charge >= 0.3 is 0 Å². The molecule has 2 amide bonds. The van der Waals surface area contributed by atoms with Gasteiger partial charge in [0.2, 0.25) is 11.8 Å². The Balaban J connectivity index is 1.73. The maximum Gasteiger partial charge on any atom is 0.224 e. The zero-order valence-electron chi connectivity index (χ0n) is 18.2. The second-order valence-corrected chi connectivity index (χ2v) is 8.72. The van der Waals surface area contributed by atoms with E-state index in [9.17, 15) is 9.59 Å². The van der Waals surface area contributed by atoms with Crippen LogP contribution in [0.25, 0.3) is 0 Å². The van der Waals surface area contributed by atoms with Gasteiger partial charge in [-0.3, -0.25) is 19.3 Å². The number of hydrogen-bond acceptors (Lipinski definition) is 5. The van der Waals surface area contributed by atoms with E-state index in [2.05, 4.69) is 15.4 Å². The van der Waals surface area contributed by atoms with Gasteiger partial charge in [0.25, 0.3) is 0 Å². The molecule has 1 fully saturated rings. The molecule has 3 rings (SSSR count). The summed E-state index contributed by atoms with van der Waals surface area (Å²) in [7, 11) is 1.66. The Morgan fingerprint density at radius 1 is 1.33 bits per heavy atom. The number of likely N-dealkylation sites (tertiary alicyclic amines) is 1. The van der Waals surface area contributed by atoms with Crippen LogP contribution in [0.2, 0.25) is 0 Å². The fraction of sp³-hybridized carbons (Fsp3) is 0.545. The predicted octanol–water partition coefficient (Wildman–Crippen LogP) is 1.97. The van der Waals surface area contributed by atoms with Crippen molar-refractivity contribution in [1.82, 2.24) is 25.0 Å². The molecule has 2 aromatic rings. The maximum absolute atomic E-state index is 12.9. The van der Waals surface area contributed by atoms with Gasteiger partial charge < -0.3 is 15.0 Å². The number of rotatable bonds is 8. The third-order valence-electron chi connectivity index (χ3n) is 5.32. The molecule has 0 unspecified atom stereocenters. The van der Waals surface area contributed by atoms with Crippen LogP contribution in [-0.4, -0.2) is 57.3 Å². The highest BCUT2D eigenvalue weighted by Gasteiger charge is 2.45. The average Bonchev–Trinajstić information content (AvgIpc) is 3.29. The van der Waals surface area contributed by atoms with Gasteiger partial charge in [0.15, 0.2) is 0 Å². The number of carbonyl (C=O) groups is 2. The maximum atomic E-state index is 12.9. The molecule has 8 nitrogen and oxygen atoms in total. The number of aromatic nitrogens is 3. The Bertz CT molecular complexity index is 859. The van der Waals surface area contributed by atoms with Crippen LogP contribution in [0, 0.1) is 5.92 Å². The minimum absolute atomic E-state index is 0.0188. The monoisotopic (exact) mass is 413 g/mol. The molecule has 0 aromatic carbocycles. The Hall–Kier alpha value is -2.74. The normalized spacial score (nSPS) is 19.3. The van der Waals surface area contributed by atoms with E-state index < -0.39 is 0 Å². The van der Waals surface area contributed by atoms with Crippen LogP contribution >= 0.6 is 0 Å². The van der Waals surface area contributed by atoms with Crippen molar-refractivity contribution in [3.05, 3.63) is 48.0 Å². The number of amides is 2. The second kappa shape index (κ2) is 9.38. The quantitative estimate of drug-likeness (QED) is 0.715. The molecule has 3 heterocycles. The van der Waals surface area contributed by atoms with Crippen molar-refractivity contribution in [3.8, 4) is 0 Å². The van der Waals surface area contributed by atoms with E-state index in [1.165, 1.54) is 0 Å². The summed E-state index contributed by atoms with van der Waals surface area (Å²) < 4.78 is 6.96. The highest BCUT2D eigenvalue weighted by molar-refractivity contribution is 5.81. The summed E-state index contributed by atoms with van der Waals surface area (Å²) in [4.78, 5) is 31.3. The van der Waals surface area contributed by atoms with Crippen molar-refractivity contribution in [2.45, 2.75) is 51.7 Å². The van der Waals surface area contributed by atoms with E-state index >= 15 is 0 Å². The summed E-state index contributed by atoms with van der Waals surface area (Å²) in [6.07, 6.45) is 7.85. The lowest BCUT2D eigenvalue weighted by Gasteiger charge is -2.38.